The average Bonchev–Trinajstić information content (AvgIpc) is 2.50. The van der Waals surface area contributed by atoms with E-state index in [1.807, 2.05) is 0 Å². The summed E-state index contributed by atoms with van der Waals surface area (Å²) < 4.78 is 0. The van der Waals surface area contributed by atoms with Gasteiger partial charge in [0.15, 0.2) is 0 Å². The van der Waals surface area contributed by atoms with Crippen LogP contribution >= 0.6 is 23.2 Å². The first-order valence-electron chi connectivity index (χ1n) is 4.76. The minimum Gasteiger partial charge on any atom is -0.285 e. The third-order valence-corrected chi connectivity index (χ3v) is 3.57. The van der Waals surface area contributed by atoms with Crippen molar-refractivity contribution in [1.82, 2.24) is 4.90 Å². The number of carbonyl (C=O) groups is 2. The minimum absolute atomic E-state index is 0.162. The van der Waals surface area contributed by atoms with Crippen LogP contribution in [0.1, 0.15) is 17.9 Å². The zero-order chi connectivity index (χ0) is 11.9. The van der Waals surface area contributed by atoms with Crippen molar-refractivity contribution in [2.75, 3.05) is 7.05 Å². The summed E-state index contributed by atoms with van der Waals surface area (Å²) in [6, 6.07) is 5.10. The first kappa shape index (κ1) is 11.4. The van der Waals surface area contributed by atoms with Crippen LogP contribution in [0.15, 0.2) is 18.2 Å². The first-order chi connectivity index (χ1) is 7.52. The van der Waals surface area contributed by atoms with Gasteiger partial charge in [-0.2, -0.15) is 0 Å². The van der Waals surface area contributed by atoms with Crippen molar-refractivity contribution < 1.29 is 9.59 Å². The largest absolute Gasteiger partial charge is 0.285 e. The number of likely N-dealkylation sites (N-methyl/N-ethyl adjacent to an activating group) is 1. The van der Waals surface area contributed by atoms with E-state index < -0.39 is 5.92 Å². The molecule has 2 rings (SSSR count). The van der Waals surface area contributed by atoms with Gasteiger partial charge in [0.25, 0.3) is 0 Å². The molecule has 0 aliphatic carbocycles. The number of amides is 2. The summed E-state index contributed by atoms with van der Waals surface area (Å²) in [6.45, 7) is 0. The van der Waals surface area contributed by atoms with Crippen LogP contribution in [0.5, 0.6) is 0 Å². The summed E-state index contributed by atoms with van der Waals surface area (Å²) in [7, 11) is 1.48. The van der Waals surface area contributed by atoms with Crippen molar-refractivity contribution in [3.8, 4) is 0 Å². The van der Waals surface area contributed by atoms with Crippen molar-refractivity contribution in [1.29, 1.82) is 0 Å². The van der Waals surface area contributed by atoms with Gasteiger partial charge in [-0.25, -0.2) is 0 Å². The van der Waals surface area contributed by atoms with E-state index in [9.17, 15) is 9.59 Å². The SMILES string of the molecule is CN1C(=O)CC(c2cccc(Cl)c2Cl)C1=O. The summed E-state index contributed by atoms with van der Waals surface area (Å²) in [5.74, 6) is -0.913. The molecule has 1 aliphatic rings. The number of halogens is 2. The Labute approximate surface area is 103 Å². The number of rotatable bonds is 1. The molecule has 0 spiro atoms. The molecular formula is C11H9Cl2NO2. The molecule has 5 heteroatoms. The number of hydrogen-bond acceptors (Lipinski definition) is 2. The molecule has 84 valence electrons. The van der Waals surface area contributed by atoms with Crippen LogP contribution < -0.4 is 0 Å². The average molecular weight is 258 g/mol. The fourth-order valence-corrected chi connectivity index (χ4v) is 2.23. The van der Waals surface area contributed by atoms with Crippen molar-refractivity contribution in [3.63, 3.8) is 0 Å². The van der Waals surface area contributed by atoms with Gasteiger partial charge in [-0.1, -0.05) is 35.3 Å². The standard InChI is InChI=1S/C11H9Cl2NO2/c1-14-9(15)5-7(11(14)16)6-3-2-4-8(12)10(6)13/h2-4,7H,5H2,1H3. The topological polar surface area (TPSA) is 37.4 Å². The smallest absolute Gasteiger partial charge is 0.237 e. The van der Waals surface area contributed by atoms with E-state index in [4.69, 9.17) is 23.2 Å². The minimum atomic E-state index is -0.497. The second kappa shape index (κ2) is 4.07. The molecule has 16 heavy (non-hydrogen) atoms. The highest BCUT2D eigenvalue weighted by molar-refractivity contribution is 6.42. The third-order valence-electron chi connectivity index (χ3n) is 2.74. The van der Waals surface area contributed by atoms with Crippen molar-refractivity contribution in [3.05, 3.63) is 33.8 Å². The van der Waals surface area contributed by atoms with Crippen molar-refractivity contribution in [2.24, 2.45) is 0 Å². The molecule has 0 N–H and O–H groups in total. The summed E-state index contributed by atoms with van der Waals surface area (Å²) in [5, 5.41) is 0.750. The number of nitrogens with zero attached hydrogens (tertiary/aromatic N) is 1. The Kier molecular flexibility index (Phi) is 2.91. The van der Waals surface area contributed by atoms with Crippen LogP contribution in [0.3, 0.4) is 0 Å². The Balaban J connectivity index is 2.43. The van der Waals surface area contributed by atoms with E-state index >= 15 is 0 Å². The Morgan fingerprint density at radius 3 is 2.56 bits per heavy atom. The van der Waals surface area contributed by atoms with E-state index in [0.717, 1.165) is 4.90 Å². The van der Waals surface area contributed by atoms with Gasteiger partial charge < -0.3 is 0 Å². The normalized spacial score (nSPS) is 20.7. The maximum Gasteiger partial charge on any atom is 0.237 e. The zero-order valence-electron chi connectivity index (χ0n) is 8.54. The van der Waals surface area contributed by atoms with Gasteiger partial charge in [0.1, 0.15) is 0 Å². The van der Waals surface area contributed by atoms with E-state index in [-0.39, 0.29) is 18.2 Å². The maximum absolute atomic E-state index is 11.8. The van der Waals surface area contributed by atoms with Gasteiger partial charge in [0.05, 0.1) is 16.0 Å². The molecule has 1 saturated heterocycles. The molecule has 1 aliphatic heterocycles. The Bertz CT molecular complexity index is 473. The van der Waals surface area contributed by atoms with Crippen molar-refractivity contribution in [2.45, 2.75) is 12.3 Å². The molecule has 1 fully saturated rings. The van der Waals surface area contributed by atoms with Crippen molar-refractivity contribution >= 4 is 35.0 Å². The molecule has 2 amide bonds. The predicted octanol–water partition coefficient (Wildman–Crippen LogP) is 2.47. The molecule has 1 heterocycles. The summed E-state index contributed by atoms with van der Waals surface area (Å²) in [4.78, 5) is 24.3. The second-order valence-corrected chi connectivity index (χ2v) is 4.48. The molecule has 0 aromatic heterocycles. The van der Waals surface area contributed by atoms with Crippen LogP contribution in [-0.2, 0) is 9.59 Å². The molecular weight excluding hydrogens is 249 g/mol. The number of imide groups is 1. The highest BCUT2D eigenvalue weighted by Crippen LogP contribution is 2.36. The molecule has 0 saturated carbocycles. The molecule has 3 nitrogen and oxygen atoms in total. The summed E-state index contributed by atoms with van der Waals surface area (Å²) >= 11 is 11.9. The van der Waals surface area contributed by atoms with Gasteiger partial charge >= 0.3 is 0 Å². The lowest BCUT2D eigenvalue weighted by atomic mass is 9.97. The quantitative estimate of drug-likeness (QED) is 0.725. The first-order valence-corrected chi connectivity index (χ1v) is 5.52. The van der Waals surface area contributed by atoms with Crippen LogP contribution in [0.25, 0.3) is 0 Å². The monoisotopic (exact) mass is 257 g/mol. The van der Waals surface area contributed by atoms with E-state index in [1.54, 1.807) is 18.2 Å². The van der Waals surface area contributed by atoms with Gasteiger partial charge in [0, 0.05) is 13.5 Å². The van der Waals surface area contributed by atoms with Crippen LogP contribution in [0, 0.1) is 0 Å². The number of benzene rings is 1. The Morgan fingerprint density at radius 1 is 1.31 bits per heavy atom. The number of likely N-dealkylation sites (tertiary alicyclic amines) is 1. The fraction of sp³-hybridized carbons (Fsp3) is 0.273. The third kappa shape index (κ3) is 1.70. The Hall–Kier alpha value is -1.06. The maximum atomic E-state index is 11.8. The molecule has 1 unspecified atom stereocenters. The van der Waals surface area contributed by atoms with Gasteiger partial charge in [-0.15, -0.1) is 0 Å². The lowest BCUT2D eigenvalue weighted by molar-refractivity contribution is -0.137. The van der Waals surface area contributed by atoms with Gasteiger partial charge in [-0.3, -0.25) is 14.5 Å². The van der Waals surface area contributed by atoms with Gasteiger partial charge in [-0.05, 0) is 11.6 Å². The van der Waals surface area contributed by atoms with Crippen LogP contribution in [0.4, 0.5) is 0 Å². The molecule has 0 radical (unpaired) electrons. The van der Waals surface area contributed by atoms with E-state index in [0.29, 0.717) is 15.6 Å². The van der Waals surface area contributed by atoms with Gasteiger partial charge in [0.2, 0.25) is 11.8 Å². The highest BCUT2D eigenvalue weighted by Gasteiger charge is 2.38. The van der Waals surface area contributed by atoms with Crippen LogP contribution in [-0.4, -0.2) is 23.8 Å². The Morgan fingerprint density at radius 2 is 2.00 bits per heavy atom. The lowest BCUT2D eigenvalue weighted by Crippen LogP contribution is -2.25. The molecule has 0 bridgehead atoms. The van der Waals surface area contributed by atoms with Crippen LogP contribution in [0.2, 0.25) is 10.0 Å². The molecule has 1 aromatic rings. The number of hydrogen-bond donors (Lipinski definition) is 0. The second-order valence-electron chi connectivity index (χ2n) is 3.69. The molecule has 1 atom stereocenters. The highest BCUT2D eigenvalue weighted by atomic mass is 35.5. The summed E-state index contributed by atoms with van der Waals surface area (Å²) in [6.07, 6.45) is 0.162. The zero-order valence-corrected chi connectivity index (χ0v) is 10.0. The number of carbonyl (C=O) groups excluding carboxylic acids is 2. The predicted molar refractivity (Wildman–Crippen MR) is 61.6 cm³/mol. The lowest BCUT2D eigenvalue weighted by Gasteiger charge is -2.11. The fourth-order valence-electron chi connectivity index (χ4n) is 1.79. The van der Waals surface area contributed by atoms with E-state index in [1.165, 1.54) is 7.05 Å². The molecule has 1 aromatic carbocycles. The summed E-state index contributed by atoms with van der Waals surface area (Å²) in [5.41, 5.74) is 0.622. The van der Waals surface area contributed by atoms with E-state index in [2.05, 4.69) is 0 Å².